The van der Waals surface area contributed by atoms with E-state index in [4.69, 9.17) is 0 Å². The lowest BCUT2D eigenvalue weighted by Gasteiger charge is -2.07. The minimum atomic E-state index is -2.55. The molecule has 0 N–H and O–H groups in total. The monoisotopic (exact) mass is 350 g/mol. The first-order chi connectivity index (χ1) is 3.42. The molecule has 0 rings (SSSR count). The molecule has 0 aliphatic rings. The first kappa shape index (κ1) is 9.25. The summed E-state index contributed by atoms with van der Waals surface area (Å²) in [5.74, 6) is 0. The van der Waals surface area contributed by atoms with Crippen molar-refractivity contribution in [2.75, 3.05) is 0 Å². The van der Waals surface area contributed by atoms with Gasteiger partial charge in [-0.3, -0.25) is 0 Å². The fraction of sp³-hybridized carbons (Fsp3) is 1.00. The minimum Gasteiger partial charge on any atom is -0.221 e. The summed E-state index contributed by atoms with van der Waals surface area (Å²) in [5, 5.41) is 0. The lowest BCUT2D eigenvalue weighted by Crippen LogP contribution is -2.07. The van der Waals surface area contributed by atoms with Gasteiger partial charge in [-0.25, -0.2) is 13.2 Å². The van der Waals surface area contributed by atoms with Gasteiger partial charge in [0.25, 0.3) is 0 Å². The van der Waals surface area contributed by atoms with Gasteiger partial charge in [0.15, 0.2) is 0 Å². The van der Waals surface area contributed by atoms with Gasteiger partial charge in [0.2, 0.25) is 8.11 Å². The summed E-state index contributed by atoms with van der Waals surface area (Å²) in [6.07, 6.45) is -3.25. The maximum atomic E-state index is 12.1. The number of alkyl halides is 5. The number of halogens is 5. The predicted octanol–water partition coefficient (Wildman–Crippen LogP) is 3.13. The van der Waals surface area contributed by atoms with Gasteiger partial charge in [0.05, 0.1) is 6.42 Å². The van der Waals surface area contributed by atoms with Crippen LogP contribution in [-0.4, -0.2) is 8.11 Å². The SMILES string of the molecule is FC(F)CC(F)(I)I. The molecule has 0 fully saturated rings. The van der Waals surface area contributed by atoms with Crippen LogP contribution in [0.2, 0.25) is 0 Å². The second-order valence-corrected chi connectivity index (χ2v) is 6.69. The van der Waals surface area contributed by atoms with Crippen LogP contribution in [0.4, 0.5) is 13.2 Å². The summed E-state index contributed by atoms with van der Waals surface area (Å²) in [7, 11) is 0. The van der Waals surface area contributed by atoms with E-state index in [9.17, 15) is 13.2 Å². The third-order valence-electron chi connectivity index (χ3n) is 0.386. The molecule has 0 aliphatic carbocycles. The average Bonchev–Trinajstić information content (AvgIpc) is 1.21. The van der Waals surface area contributed by atoms with Gasteiger partial charge >= 0.3 is 0 Å². The highest BCUT2D eigenvalue weighted by Gasteiger charge is 2.25. The number of hydrogen-bond acceptors (Lipinski definition) is 0. The topological polar surface area (TPSA) is 0 Å². The van der Waals surface area contributed by atoms with E-state index in [0.29, 0.717) is 0 Å². The minimum absolute atomic E-state index is 0.700. The third kappa shape index (κ3) is 7.25. The Bertz CT molecular complexity index is 67.4. The third-order valence-corrected chi connectivity index (χ3v) is 1.27. The van der Waals surface area contributed by atoms with Gasteiger partial charge in [-0.15, -0.1) is 0 Å². The van der Waals surface area contributed by atoms with E-state index < -0.39 is 14.5 Å². The van der Waals surface area contributed by atoms with Gasteiger partial charge in [-0.1, -0.05) is 0 Å². The summed E-state index contributed by atoms with van der Waals surface area (Å²) >= 11 is 2.66. The van der Waals surface area contributed by atoms with Crippen molar-refractivity contribution in [2.24, 2.45) is 0 Å². The smallest absolute Gasteiger partial charge is 0.221 e. The van der Waals surface area contributed by atoms with Crippen LogP contribution in [0.5, 0.6) is 0 Å². The Labute approximate surface area is 72.5 Å². The lowest BCUT2D eigenvalue weighted by molar-refractivity contribution is 0.121. The van der Waals surface area contributed by atoms with Crippen molar-refractivity contribution >= 4 is 45.2 Å². The predicted molar refractivity (Wildman–Crippen MR) is 42.5 cm³/mol. The largest absolute Gasteiger partial charge is 0.243 e. The first-order valence-corrected chi connectivity index (χ1v) is 3.92. The second-order valence-electron chi connectivity index (χ2n) is 1.21. The second kappa shape index (κ2) is 3.43. The Kier molecular flexibility index (Phi) is 3.96. The van der Waals surface area contributed by atoms with E-state index in [-0.39, 0.29) is 0 Å². The van der Waals surface area contributed by atoms with Crippen molar-refractivity contribution in [1.82, 2.24) is 0 Å². The number of hydrogen-bond donors (Lipinski definition) is 0. The molecule has 0 unspecified atom stereocenters. The highest BCUT2D eigenvalue weighted by molar-refractivity contribution is 14.2. The van der Waals surface area contributed by atoms with Crippen LogP contribution in [-0.2, 0) is 0 Å². The van der Waals surface area contributed by atoms with Crippen LogP contribution in [0.3, 0.4) is 0 Å². The normalized spacial score (nSPS) is 12.8. The average molecular weight is 350 g/mol. The molecule has 50 valence electrons. The molecule has 0 amide bonds. The van der Waals surface area contributed by atoms with E-state index in [1.807, 2.05) is 0 Å². The molecular formula is C3H3F3I2. The molecule has 0 nitrogen and oxygen atoms in total. The van der Waals surface area contributed by atoms with Crippen LogP contribution < -0.4 is 0 Å². The van der Waals surface area contributed by atoms with Crippen molar-refractivity contribution in [2.45, 2.75) is 14.5 Å². The maximum Gasteiger partial charge on any atom is 0.243 e. The van der Waals surface area contributed by atoms with Crippen molar-refractivity contribution in [3.8, 4) is 0 Å². The van der Waals surface area contributed by atoms with Crippen LogP contribution in [0.15, 0.2) is 0 Å². The van der Waals surface area contributed by atoms with Crippen molar-refractivity contribution in [3.05, 3.63) is 0 Å². The fourth-order valence-electron chi connectivity index (χ4n) is 0.175. The molecular weight excluding hydrogens is 347 g/mol. The molecule has 8 heavy (non-hydrogen) atoms. The van der Waals surface area contributed by atoms with Crippen LogP contribution in [0.1, 0.15) is 6.42 Å². The molecule has 0 atom stereocenters. The lowest BCUT2D eigenvalue weighted by atomic mass is 10.5. The van der Waals surface area contributed by atoms with Gasteiger partial charge in [-0.2, -0.15) is 0 Å². The summed E-state index contributed by atoms with van der Waals surface area (Å²) < 4.78 is 32.9. The Morgan fingerprint density at radius 1 is 1.38 bits per heavy atom. The maximum absolute atomic E-state index is 12.1. The van der Waals surface area contributed by atoms with E-state index in [1.54, 1.807) is 0 Å². The highest BCUT2D eigenvalue weighted by Crippen LogP contribution is 2.35. The van der Waals surface area contributed by atoms with E-state index in [1.165, 1.54) is 45.2 Å². The Morgan fingerprint density at radius 2 is 1.75 bits per heavy atom. The molecule has 0 spiro atoms. The van der Waals surface area contributed by atoms with Crippen molar-refractivity contribution < 1.29 is 13.2 Å². The molecule has 0 aliphatic heterocycles. The van der Waals surface area contributed by atoms with Gasteiger partial charge < -0.3 is 0 Å². The van der Waals surface area contributed by atoms with Crippen LogP contribution in [0.25, 0.3) is 0 Å². The Balaban J connectivity index is 3.39. The summed E-state index contributed by atoms with van der Waals surface area (Å²) in [6.45, 7) is 0. The van der Waals surface area contributed by atoms with E-state index in [2.05, 4.69) is 0 Å². The van der Waals surface area contributed by atoms with Crippen LogP contribution in [0, 0.1) is 0 Å². The van der Waals surface area contributed by atoms with Crippen molar-refractivity contribution in [3.63, 3.8) is 0 Å². The van der Waals surface area contributed by atoms with Gasteiger partial charge in [-0.05, 0) is 45.2 Å². The van der Waals surface area contributed by atoms with Crippen molar-refractivity contribution in [1.29, 1.82) is 0 Å². The number of rotatable bonds is 2. The molecule has 0 heterocycles. The molecule has 0 saturated carbocycles. The van der Waals surface area contributed by atoms with Gasteiger partial charge in [0, 0.05) is 0 Å². The Hall–Kier alpha value is 1.25. The molecule has 0 saturated heterocycles. The van der Waals surface area contributed by atoms with E-state index >= 15 is 0 Å². The molecule has 0 aromatic carbocycles. The van der Waals surface area contributed by atoms with E-state index in [0.717, 1.165) is 0 Å². The summed E-state index contributed by atoms with van der Waals surface area (Å²) in [5.41, 5.74) is 0. The quantitative estimate of drug-likeness (QED) is 0.531. The zero-order chi connectivity index (χ0) is 6.78. The highest BCUT2D eigenvalue weighted by atomic mass is 127. The standard InChI is InChI=1S/C3H3F3I2/c4-2(5)1-3(6,7)8/h2H,1H2. The molecule has 0 aromatic heterocycles. The van der Waals surface area contributed by atoms with Crippen LogP contribution >= 0.6 is 45.2 Å². The summed E-state index contributed by atoms with van der Waals surface area (Å²) in [4.78, 5) is 0. The zero-order valence-electron chi connectivity index (χ0n) is 3.67. The zero-order valence-corrected chi connectivity index (χ0v) is 7.99. The van der Waals surface area contributed by atoms with Gasteiger partial charge in [0.1, 0.15) is 0 Å². The molecule has 5 heteroatoms. The first-order valence-electron chi connectivity index (χ1n) is 1.77. The molecule has 0 bridgehead atoms. The molecule has 0 radical (unpaired) electrons. The summed E-state index contributed by atoms with van der Waals surface area (Å²) in [6, 6.07) is 0. The fourth-order valence-corrected chi connectivity index (χ4v) is 0.841. The Morgan fingerprint density at radius 3 is 1.75 bits per heavy atom. The molecule has 0 aromatic rings.